The van der Waals surface area contributed by atoms with E-state index in [0.29, 0.717) is 38.1 Å². The summed E-state index contributed by atoms with van der Waals surface area (Å²) in [5.41, 5.74) is -1.43. The molecule has 2 saturated heterocycles. The molecule has 46 heavy (non-hydrogen) atoms. The summed E-state index contributed by atoms with van der Waals surface area (Å²) < 4.78 is 85.9. The van der Waals surface area contributed by atoms with Gasteiger partial charge in [-0.15, -0.1) is 0 Å². The minimum Gasteiger partial charge on any atom is -0.447 e. The lowest BCUT2D eigenvalue weighted by Crippen LogP contribution is -2.51. The predicted molar refractivity (Wildman–Crippen MR) is 157 cm³/mol. The van der Waals surface area contributed by atoms with Crippen molar-refractivity contribution in [3.8, 4) is 0 Å². The fourth-order valence-electron chi connectivity index (χ4n) is 6.35. The quantitative estimate of drug-likeness (QED) is 0.319. The van der Waals surface area contributed by atoms with E-state index in [1.807, 2.05) is 31.2 Å². The van der Waals surface area contributed by atoms with E-state index in [4.69, 9.17) is 4.74 Å². The van der Waals surface area contributed by atoms with E-state index in [1.165, 1.54) is 7.05 Å². The van der Waals surface area contributed by atoms with Crippen molar-refractivity contribution in [1.29, 1.82) is 0 Å². The summed E-state index contributed by atoms with van der Waals surface area (Å²) in [6.45, 7) is 6.22. The van der Waals surface area contributed by atoms with E-state index in [2.05, 4.69) is 0 Å². The maximum Gasteiger partial charge on any atom is 0.416 e. The van der Waals surface area contributed by atoms with Gasteiger partial charge in [-0.1, -0.05) is 24.3 Å². The maximum absolute atomic E-state index is 13.8. The molecule has 2 aliphatic heterocycles. The normalized spacial score (nSPS) is 19.7. The number of aryl methyl sites for hydroxylation is 1. The van der Waals surface area contributed by atoms with Gasteiger partial charge in [-0.25, -0.2) is 4.79 Å². The van der Waals surface area contributed by atoms with Gasteiger partial charge in [-0.3, -0.25) is 9.59 Å². The number of ether oxygens (including phenoxy) is 1. The van der Waals surface area contributed by atoms with E-state index in [-0.39, 0.29) is 49.1 Å². The molecule has 0 spiro atoms. The summed E-state index contributed by atoms with van der Waals surface area (Å²) in [7, 11) is 1.36. The number of piperidine rings is 2. The molecule has 2 fully saturated rings. The van der Waals surface area contributed by atoms with E-state index < -0.39 is 53.9 Å². The Morgan fingerprint density at radius 1 is 0.891 bits per heavy atom. The summed E-state index contributed by atoms with van der Waals surface area (Å²) in [5, 5.41) is 0. The molecule has 0 aliphatic carbocycles. The Hall–Kier alpha value is -3.77. The molecular weight excluding hydrogens is 616 g/mol. The average molecular weight is 656 g/mol. The van der Waals surface area contributed by atoms with Gasteiger partial charge in [-0.05, 0) is 74.9 Å². The first-order chi connectivity index (χ1) is 21.5. The zero-order valence-corrected chi connectivity index (χ0v) is 26.3. The molecule has 0 radical (unpaired) electrons. The van der Waals surface area contributed by atoms with Crippen LogP contribution < -0.4 is 0 Å². The second-order valence-corrected chi connectivity index (χ2v) is 12.4. The van der Waals surface area contributed by atoms with E-state index in [9.17, 15) is 40.7 Å². The van der Waals surface area contributed by atoms with Crippen LogP contribution in [0.4, 0.5) is 31.1 Å². The number of nitrogens with zero attached hydrogens (tertiary/aromatic N) is 3. The molecule has 4 rings (SSSR count). The minimum absolute atomic E-state index is 0.0629. The second kappa shape index (κ2) is 13.9. The van der Waals surface area contributed by atoms with Crippen molar-refractivity contribution >= 4 is 17.9 Å². The molecular formula is C33H39F6N3O4. The van der Waals surface area contributed by atoms with Gasteiger partial charge in [0, 0.05) is 57.5 Å². The molecule has 252 valence electrons. The Morgan fingerprint density at radius 3 is 2.00 bits per heavy atom. The Morgan fingerprint density at radius 2 is 1.46 bits per heavy atom. The number of carbonyl (C=O) groups is 3. The van der Waals surface area contributed by atoms with Crippen LogP contribution in [-0.2, 0) is 33.2 Å². The van der Waals surface area contributed by atoms with Crippen molar-refractivity contribution in [1.82, 2.24) is 14.7 Å². The molecule has 0 aromatic heterocycles. The number of carbonyl (C=O) groups excluding carboxylic acids is 3. The maximum atomic E-state index is 13.8. The highest BCUT2D eigenvalue weighted by Gasteiger charge is 2.41. The van der Waals surface area contributed by atoms with Crippen molar-refractivity contribution in [3.05, 3.63) is 70.3 Å². The highest BCUT2D eigenvalue weighted by molar-refractivity contribution is 5.82. The average Bonchev–Trinajstić information content (AvgIpc) is 2.99. The fraction of sp³-hybridized carbons (Fsp3) is 0.545. The van der Waals surface area contributed by atoms with Crippen molar-refractivity contribution in [2.75, 3.05) is 33.2 Å². The van der Waals surface area contributed by atoms with Gasteiger partial charge >= 0.3 is 18.4 Å². The smallest absolute Gasteiger partial charge is 0.416 e. The number of halogens is 6. The molecule has 0 bridgehead atoms. The third kappa shape index (κ3) is 8.33. The third-order valence-electron chi connectivity index (χ3n) is 8.71. The van der Waals surface area contributed by atoms with E-state index >= 15 is 0 Å². The third-order valence-corrected chi connectivity index (χ3v) is 8.71. The Bertz CT molecular complexity index is 1390. The number of amides is 3. The number of hydrogen-bond donors (Lipinski definition) is 0. The largest absolute Gasteiger partial charge is 0.447 e. The van der Waals surface area contributed by atoms with Crippen LogP contribution in [0.15, 0.2) is 42.5 Å². The number of alkyl halides is 6. The van der Waals surface area contributed by atoms with Crippen LogP contribution in [-0.4, -0.2) is 71.9 Å². The highest BCUT2D eigenvalue weighted by atomic mass is 19.4. The van der Waals surface area contributed by atoms with Gasteiger partial charge in [0.05, 0.1) is 17.2 Å². The van der Waals surface area contributed by atoms with Crippen molar-refractivity contribution in [2.24, 2.45) is 11.8 Å². The Labute approximate surface area is 264 Å². The van der Waals surface area contributed by atoms with Crippen LogP contribution >= 0.6 is 0 Å². The molecule has 2 aromatic rings. The SMILES string of the molecule is Cc1ccccc1C1CN(C(=O)C2CCN(C(=O)OC(C)C)CC2)CCC1C(=O)N(C)Cc1cc(C(F)(F)F)cc(C(F)(F)F)c1. The van der Waals surface area contributed by atoms with Gasteiger partial charge in [0.15, 0.2) is 0 Å². The van der Waals surface area contributed by atoms with Crippen molar-refractivity contribution < 1.29 is 45.5 Å². The van der Waals surface area contributed by atoms with Gasteiger partial charge in [0.2, 0.25) is 11.8 Å². The minimum atomic E-state index is -5.00. The lowest BCUT2D eigenvalue weighted by atomic mass is 9.77. The van der Waals surface area contributed by atoms with Gasteiger partial charge in [0.25, 0.3) is 0 Å². The highest BCUT2D eigenvalue weighted by Crippen LogP contribution is 2.39. The summed E-state index contributed by atoms with van der Waals surface area (Å²) in [6, 6.07) is 8.75. The Kier molecular flexibility index (Phi) is 10.6. The molecule has 2 heterocycles. The van der Waals surface area contributed by atoms with Gasteiger partial charge < -0.3 is 19.4 Å². The molecule has 0 saturated carbocycles. The predicted octanol–water partition coefficient (Wildman–Crippen LogP) is 6.88. The summed E-state index contributed by atoms with van der Waals surface area (Å²) in [4.78, 5) is 44.3. The van der Waals surface area contributed by atoms with Crippen LogP contribution in [0.5, 0.6) is 0 Å². The van der Waals surface area contributed by atoms with Gasteiger partial charge in [0.1, 0.15) is 0 Å². The topological polar surface area (TPSA) is 70.2 Å². The molecule has 13 heteroatoms. The molecule has 2 aliphatic rings. The molecule has 2 aromatic carbocycles. The first-order valence-corrected chi connectivity index (χ1v) is 15.3. The van der Waals surface area contributed by atoms with Crippen molar-refractivity contribution in [2.45, 2.75) is 71.0 Å². The first-order valence-electron chi connectivity index (χ1n) is 15.3. The number of rotatable bonds is 6. The van der Waals surface area contributed by atoms with Crippen molar-refractivity contribution in [3.63, 3.8) is 0 Å². The van der Waals surface area contributed by atoms with Crippen LogP contribution in [0, 0.1) is 18.8 Å². The number of benzene rings is 2. The fourth-order valence-corrected chi connectivity index (χ4v) is 6.35. The monoisotopic (exact) mass is 655 g/mol. The molecule has 2 atom stereocenters. The van der Waals surface area contributed by atoms with Gasteiger partial charge in [-0.2, -0.15) is 26.3 Å². The number of likely N-dealkylation sites (tertiary alicyclic amines) is 2. The molecule has 2 unspecified atom stereocenters. The summed E-state index contributed by atoms with van der Waals surface area (Å²) in [5.74, 6) is -1.90. The second-order valence-electron chi connectivity index (χ2n) is 12.4. The standard InChI is InChI=1S/C33H39F6N3O4/c1-20(2)46-31(45)41-12-9-23(10-13-41)29(43)42-14-11-27(28(19-42)26-8-6-5-7-21(26)3)30(44)40(4)18-22-15-24(32(34,35)36)17-25(16-22)33(37,38)39/h5-8,15-17,20,23,27-28H,9-14,18-19H2,1-4H3. The Balaban J connectivity index is 1.52. The lowest BCUT2D eigenvalue weighted by molar-refractivity contribution is -0.144. The zero-order valence-electron chi connectivity index (χ0n) is 26.3. The molecule has 0 N–H and O–H groups in total. The van der Waals surface area contributed by atoms with Crippen LogP contribution in [0.2, 0.25) is 0 Å². The van der Waals surface area contributed by atoms with E-state index in [1.54, 1.807) is 23.6 Å². The molecule has 7 nitrogen and oxygen atoms in total. The van der Waals surface area contributed by atoms with Crippen LogP contribution in [0.3, 0.4) is 0 Å². The van der Waals surface area contributed by atoms with Crippen LogP contribution in [0.25, 0.3) is 0 Å². The molecule has 3 amide bonds. The van der Waals surface area contributed by atoms with Crippen LogP contribution in [0.1, 0.15) is 66.8 Å². The number of hydrogen-bond acceptors (Lipinski definition) is 4. The lowest BCUT2D eigenvalue weighted by Gasteiger charge is -2.42. The van der Waals surface area contributed by atoms with E-state index in [0.717, 1.165) is 16.0 Å². The first kappa shape index (κ1) is 35.1. The summed E-state index contributed by atoms with van der Waals surface area (Å²) in [6.07, 6.45) is -9.45. The summed E-state index contributed by atoms with van der Waals surface area (Å²) >= 11 is 0. The zero-order chi connectivity index (χ0) is 34.0.